The van der Waals surface area contributed by atoms with Gasteiger partial charge in [-0.1, -0.05) is 0 Å². The molecule has 2 amide bonds. The summed E-state index contributed by atoms with van der Waals surface area (Å²) in [6.45, 7) is 1.85. The molecule has 2 rings (SSSR count). The normalized spacial score (nSPS) is 17.6. The Labute approximate surface area is 126 Å². The summed E-state index contributed by atoms with van der Waals surface area (Å²) >= 11 is 1.28. The van der Waals surface area contributed by atoms with Crippen LogP contribution < -0.4 is 10.6 Å². The number of carbonyl (C=O) groups is 2. The SMILES string of the molecule is O=C(NCCc1nc(C(=O)O)cs1)NCCC1CCCO1. The first kappa shape index (κ1) is 15.7. The van der Waals surface area contributed by atoms with Crippen LogP contribution >= 0.6 is 11.3 Å². The van der Waals surface area contributed by atoms with Gasteiger partial charge in [0.05, 0.1) is 11.1 Å². The Morgan fingerprint density at radius 3 is 2.90 bits per heavy atom. The molecule has 3 N–H and O–H groups in total. The number of hydrogen-bond donors (Lipinski definition) is 3. The van der Waals surface area contributed by atoms with Crippen LogP contribution in [0.2, 0.25) is 0 Å². The lowest BCUT2D eigenvalue weighted by atomic mass is 10.2. The molecule has 1 saturated heterocycles. The van der Waals surface area contributed by atoms with Gasteiger partial charge in [-0.05, 0) is 19.3 Å². The third-order valence-electron chi connectivity index (χ3n) is 3.17. The van der Waals surface area contributed by atoms with E-state index >= 15 is 0 Å². The Morgan fingerprint density at radius 2 is 2.24 bits per heavy atom. The van der Waals surface area contributed by atoms with Gasteiger partial charge >= 0.3 is 12.0 Å². The first-order valence-corrected chi connectivity index (χ1v) is 7.84. The highest BCUT2D eigenvalue weighted by Gasteiger charge is 2.15. The van der Waals surface area contributed by atoms with E-state index in [9.17, 15) is 9.59 Å². The molecule has 8 heteroatoms. The number of amides is 2. The standard InChI is InChI=1S/C13H19N3O4S/c17-12(18)10-8-21-11(16-10)4-6-15-13(19)14-5-3-9-2-1-7-20-9/h8-9H,1-7H2,(H,17,18)(H2,14,15,19). The van der Waals surface area contributed by atoms with E-state index in [2.05, 4.69) is 15.6 Å². The molecular weight excluding hydrogens is 294 g/mol. The maximum Gasteiger partial charge on any atom is 0.355 e. The number of aromatic nitrogens is 1. The molecule has 0 aliphatic carbocycles. The number of carboxylic acids is 1. The monoisotopic (exact) mass is 313 g/mol. The fourth-order valence-corrected chi connectivity index (χ4v) is 2.86. The molecule has 1 aromatic rings. The summed E-state index contributed by atoms with van der Waals surface area (Å²) in [5.74, 6) is -1.03. The zero-order chi connectivity index (χ0) is 15.1. The number of nitrogens with one attached hydrogen (secondary N) is 2. The van der Waals surface area contributed by atoms with Crippen molar-refractivity contribution in [3.05, 3.63) is 16.1 Å². The highest BCUT2D eigenvalue weighted by atomic mass is 32.1. The highest BCUT2D eigenvalue weighted by Crippen LogP contribution is 2.14. The Bertz CT molecular complexity index is 486. The average Bonchev–Trinajstić information content (AvgIpc) is 3.09. The van der Waals surface area contributed by atoms with Crippen LogP contribution in [0.5, 0.6) is 0 Å². The minimum Gasteiger partial charge on any atom is -0.476 e. The Balaban J connectivity index is 1.56. The van der Waals surface area contributed by atoms with Crippen molar-refractivity contribution >= 4 is 23.3 Å². The van der Waals surface area contributed by atoms with Gasteiger partial charge in [0.15, 0.2) is 5.69 Å². The van der Waals surface area contributed by atoms with E-state index in [-0.39, 0.29) is 17.8 Å². The van der Waals surface area contributed by atoms with Gasteiger partial charge in [-0.3, -0.25) is 0 Å². The molecule has 21 heavy (non-hydrogen) atoms. The highest BCUT2D eigenvalue weighted by molar-refractivity contribution is 7.09. The van der Waals surface area contributed by atoms with Crippen LogP contribution in [0.1, 0.15) is 34.8 Å². The van der Waals surface area contributed by atoms with Gasteiger partial charge in [-0.2, -0.15) is 0 Å². The molecule has 116 valence electrons. The number of thiazole rings is 1. The molecule has 0 bridgehead atoms. The predicted molar refractivity (Wildman–Crippen MR) is 77.8 cm³/mol. The lowest BCUT2D eigenvalue weighted by Crippen LogP contribution is -2.37. The predicted octanol–water partition coefficient (Wildman–Crippen LogP) is 1.25. The number of carboxylic acid groups (broad SMARTS) is 1. The third kappa shape index (κ3) is 5.31. The summed E-state index contributed by atoms with van der Waals surface area (Å²) in [4.78, 5) is 26.2. The minimum absolute atomic E-state index is 0.0519. The van der Waals surface area contributed by atoms with Crippen LogP contribution in [0.25, 0.3) is 0 Å². The summed E-state index contributed by atoms with van der Waals surface area (Å²) in [7, 11) is 0. The zero-order valence-corrected chi connectivity index (χ0v) is 12.4. The first-order valence-electron chi connectivity index (χ1n) is 6.96. The van der Waals surface area contributed by atoms with E-state index in [1.165, 1.54) is 16.7 Å². The molecule has 0 saturated carbocycles. The summed E-state index contributed by atoms with van der Waals surface area (Å²) in [6.07, 6.45) is 3.80. The molecule has 2 heterocycles. The molecule has 0 radical (unpaired) electrons. The number of nitrogens with zero attached hydrogens (tertiary/aromatic N) is 1. The number of aromatic carboxylic acids is 1. The smallest absolute Gasteiger partial charge is 0.355 e. The summed E-state index contributed by atoms with van der Waals surface area (Å²) in [5, 5.41) is 16.5. The van der Waals surface area contributed by atoms with Crippen molar-refractivity contribution in [1.82, 2.24) is 15.6 Å². The van der Waals surface area contributed by atoms with Crippen molar-refractivity contribution in [2.75, 3.05) is 19.7 Å². The minimum atomic E-state index is -1.03. The first-order chi connectivity index (χ1) is 10.1. The topological polar surface area (TPSA) is 101 Å². The summed E-state index contributed by atoms with van der Waals surface area (Å²) < 4.78 is 5.47. The number of carbonyl (C=O) groups excluding carboxylic acids is 1. The molecule has 7 nitrogen and oxygen atoms in total. The van der Waals surface area contributed by atoms with Crippen LogP contribution in [0, 0.1) is 0 Å². The quantitative estimate of drug-likeness (QED) is 0.703. The average molecular weight is 313 g/mol. The van der Waals surface area contributed by atoms with Gasteiger partial charge in [-0.15, -0.1) is 11.3 Å². The molecule has 0 spiro atoms. The molecular formula is C13H19N3O4S. The van der Waals surface area contributed by atoms with E-state index in [4.69, 9.17) is 9.84 Å². The number of rotatable bonds is 7. The molecule has 1 aliphatic heterocycles. The second-order valence-electron chi connectivity index (χ2n) is 4.79. The molecule has 1 atom stereocenters. The Hall–Kier alpha value is -1.67. The Morgan fingerprint density at radius 1 is 1.43 bits per heavy atom. The van der Waals surface area contributed by atoms with Crippen LogP contribution in [0.4, 0.5) is 4.79 Å². The number of urea groups is 1. The largest absolute Gasteiger partial charge is 0.476 e. The van der Waals surface area contributed by atoms with Gasteiger partial charge < -0.3 is 20.5 Å². The lowest BCUT2D eigenvalue weighted by molar-refractivity contribution is 0.0691. The second kappa shape index (κ2) is 7.94. The van der Waals surface area contributed by atoms with Crippen LogP contribution in [-0.4, -0.2) is 47.9 Å². The van der Waals surface area contributed by atoms with Gasteiger partial charge in [0.1, 0.15) is 0 Å². The van der Waals surface area contributed by atoms with Gasteiger partial charge in [0.2, 0.25) is 0 Å². The summed E-state index contributed by atoms with van der Waals surface area (Å²) in [5.41, 5.74) is 0.0519. The molecule has 1 fully saturated rings. The van der Waals surface area contributed by atoms with Crippen molar-refractivity contribution in [1.29, 1.82) is 0 Å². The lowest BCUT2D eigenvalue weighted by Gasteiger charge is -2.10. The van der Waals surface area contributed by atoms with E-state index in [1.807, 2.05) is 0 Å². The molecule has 0 aromatic carbocycles. The van der Waals surface area contributed by atoms with Crippen LogP contribution in [-0.2, 0) is 11.2 Å². The summed E-state index contributed by atoms with van der Waals surface area (Å²) in [6, 6.07) is -0.219. The van der Waals surface area contributed by atoms with Gasteiger partial charge in [0.25, 0.3) is 0 Å². The van der Waals surface area contributed by atoms with Crippen molar-refractivity contribution in [2.24, 2.45) is 0 Å². The van der Waals surface area contributed by atoms with E-state index in [0.717, 1.165) is 25.9 Å². The van der Waals surface area contributed by atoms with E-state index in [1.54, 1.807) is 0 Å². The Kier molecular flexibility index (Phi) is 5.94. The van der Waals surface area contributed by atoms with Crippen LogP contribution in [0.3, 0.4) is 0 Å². The number of ether oxygens (including phenoxy) is 1. The van der Waals surface area contributed by atoms with Crippen molar-refractivity contribution < 1.29 is 19.4 Å². The van der Waals surface area contributed by atoms with E-state index in [0.29, 0.717) is 24.5 Å². The molecule has 1 unspecified atom stereocenters. The van der Waals surface area contributed by atoms with E-state index < -0.39 is 5.97 Å². The maximum atomic E-state index is 11.5. The van der Waals surface area contributed by atoms with Gasteiger partial charge in [0, 0.05) is 31.5 Å². The second-order valence-corrected chi connectivity index (χ2v) is 5.73. The molecule has 1 aromatic heterocycles. The van der Waals surface area contributed by atoms with Crippen molar-refractivity contribution in [3.8, 4) is 0 Å². The number of hydrogen-bond acceptors (Lipinski definition) is 5. The zero-order valence-electron chi connectivity index (χ0n) is 11.6. The fraction of sp³-hybridized carbons (Fsp3) is 0.615. The van der Waals surface area contributed by atoms with Crippen LogP contribution in [0.15, 0.2) is 5.38 Å². The van der Waals surface area contributed by atoms with Crippen molar-refractivity contribution in [3.63, 3.8) is 0 Å². The van der Waals surface area contributed by atoms with Gasteiger partial charge in [-0.25, -0.2) is 14.6 Å². The van der Waals surface area contributed by atoms with Crippen molar-refractivity contribution in [2.45, 2.75) is 31.8 Å². The maximum absolute atomic E-state index is 11.5. The molecule has 1 aliphatic rings. The third-order valence-corrected chi connectivity index (χ3v) is 4.08. The fourth-order valence-electron chi connectivity index (χ4n) is 2.09.